The maximum Gasteiger partial charge on any atom is 0.275 e. The summed E-state index contributed by atoms with van der Waals surface area (Å²) < 4.78 is 13.7. The lowest BCUT2D eigenvalue weighted by Crippen LogP contribution is -2.31. The Balaban J connectivity index is 1.17. The predicted octanol–water partition coefficient (Wildman–Crippen LogP) is 5.87. The van der Waals surface area contributed by atoms with Gasteiger partial charge in [0.05, 0.1) is 36.0 Å². The Hall–Kier alpha value is -3.74. The third-order valence-electron chi connectivity index (χ3n) is 6.64. The summed E-state index contributed by atoms with van der Waals surface area (Å²) in [6.07, 6.45) is 1.29. The van der Waals surface area contributed by atoms with Crippen LogP contribution >= 0.6 is 23.1 Å². The highest BCUT2D eigenvalue weighted by atomic mass is 32.2. The standard InChI is InChI=1S/C30H27N5O4S2/c1-18-34-35-30(41-18)40-17-23-14-27(20-8-6-19(16-36)7-9-20)39-29(38-23)21-10-12-22(13-11-21)32-28(37)26-15-31-24-4-2-3-5-25(24)33-26/h2-13,15,23,27,29,36H,14,16-17H2,1H3,(H,32,37)/t23-,27+,29+/m0/s1. The van der Waals surface area contributed by atoms with Crippen LogP contribution in [-0.4, -0.2) is 43.0 Å². The van der Waals surface area contributed by atoms with Crippen molar-refractivity contribution in [3.05, 3.63) is 106 Å². The SMILES string of the molecule is Cc1nnc(SC[C@@H]2C[C@H](c3ccc(CO)cc3)O[C@H](c3ccc(NC(=O)c4cnc5ccccc5n4)cc3)O2)s1. The van der Waals surface area contributed by atoms with Gasteiger partial charge in [-0.2, -0.15) is 0 Å². The van der Waals surface area contributed by atoms with Gasteiger partial charge in [0.25, 0.3) is 5.91 Å². The van der Waals surface area contributed by atoms with E-state index >= 15 is 0 Å². The highest BCUT2D eigenvalue weighted by Crippen LogP contribution is 2.40. The van der Waals surface area contributed by atoms with E-state index in [4.69, 9.17) is 9.47 Å². The molecule has 3 heterocycles. The van der Waals surface area contributed by atoms with E-state index in [9.17, 15) is 9.90 Å². The predicted molar refractivity (Wildman–Crippen MR) is 158 cm³/mol. The summed E-state index contributed by atoms with van der Waals surface area (Å²) in [6.45, 7) is 1.94. The van der Waals surface area contributed by atoms with Crippen LogP contribution in [-0.2, 0) is 16.1 Å². The molecule has 0 bridgehead atoms. The average molecular weight is 586 g/mol. The van der Waals surface area contributed by atoms with Crippen molar-refractivity contribution in [2.24, 2.45) is 0 Å². The molecule has 2 aromatic heterocycles. The van der Waals surface area contributed by atoms with Crippen molar-refractivity contribution in [2.75, 3.05) is 11.1 Å². The molecule has 11 heteroatoms. The number of hydrogen-bond donors (Lipinski definition) is 2. The molecule has 0 radical (unpaired) electrons. The lowest BCUT2D eigenvalue weighted by Gasteiger charge is -2.36. The zero-order chi connectivity index (χ0) is 28.2. The fraction of sp³-hybridized carbons (Fsp3) is 0.233. The minimum Gasteiger partial charge on any atom is -0.392 e. The molecule has 9 nitrogen and oxygen atoms in total. The Bertz CT molecular complexity index is 1650. The van der Waals surface area contributed by atoms with E-state index in [1.807, 2.05) is 79.7 Å². The monoisotopic (exact) mass is 585 g/mol. The number of anilines is 1. The first-order valence-corrected chi connectivity index (χ1v) is 14.9. The van der Waals surface area contributed by atoms with E-state index in [1.165, 1.54) is 6.20 Å². The number of amides is 1. The average Bonchev–Trinajstić information content (AvgIpc) is 3.45. The molecule has 0 saturated carbocycles. The molecule has 3 atom stereocenters. The molecule has 1 aliphatic heterocycles. The van der Waals surface area contributed by atoms with Gasteiger partial charge in [-0.1, -0.05) is 71.6 Å². The molecule has 2 N–H and O–H groups in total. The van der Waals surface area contributed by atoms with Crippen molar-refractivity contribution in [3.63, 3.8) is 0 Å². The number of nitrogens with one attached hydrogen (secondary N) is 1. The molecular weight excluding hydrogens is 558 g/mol. The number of carbonyl (C=O) groups excluding carboxylic acids is 1. The highest BCUT2D eigenvalue weighted by molar-refractivity contribution is 8.01. The molecule has 6 rings (SSSR count). The normalized spacial score (nSPS) is 18.8. The zero-order valence-corrected chi connectivity index (χ0v) is 23.8. The Labute approximate surface area is 245 Å². The van der Waals surface area contributed by atoms with Gasteiger partial charge in [0, 0.05) is 23.4 Å². The van der Waals surface area contributed by atoms with Crippen LogP contribution in [0.25, 0.3) is 11.0 Å². The first-order valence-electron chi connectivity index (χ1n) is 13.1. The maximum absolute atomic E-state index is 12.8. The van der Waals surface area contributed by atoms with Gasteiger partial charge >= 0.3 is 0 Å². The molecule has 41 heavy (non-hydrogen) atoms. The number of para-hydroxylation sites is 2. The number of rotatable bonds is 8. The summed E-state index contributed by atoms with van der Waals surface area (Å²) >= 11 is 3.20. The molecule has 208 valence electrons. The zero-order valence-electron chi connectivity index (χ0n) is 22.1. The second kappa shape index (κ2) is 12.4. The Morgan fingerprint density at radius 2 is 1.76 bits per heavy atom. The summed E-state index contributed by atoms with van der Waals surface area (Å²) in [4.78, 5) is 21.6. The van der Waals surface area contributed by atoms with Gasteiger partial charge in [0.15, 0.2) is 10.6 Å². The van der Waals surface area contributed by atoms with Gasteiger partial charge in [-0.05, 0) is 42.3 Å². The molecule has 1 fully saturated rings. The van der Waals surface area contributed by atoms with Crippen LogP contribution in [0.4, 0.5) is 5.69 Å². The summed E-state index contributed by atoms with van der Waals surface area (Å²) in [6, 6.07) is 22.7. The molecule has 0 spiro atoms. The number of thioether (sulfide) groups is 1. The lowest BCUT2D eigenvalue weighted by molar-refractivity contribution is -0.245. The Morgan fingerprint density at radius 3 is 2.49 bits per heavy atom. The minimum absolute atomic E-state index is 0.00556. The van der Waals surface area contributed by atoms with Crippen molar-refractivity contribution in [3.8, 4) is 0 Å². The topological polar surface area (TPSA) is 119 Å². The molecule has 0 unspecified atom stereocenters. The number of benzene rings is 3. The number of aryl methyl sites for hydroxylation is 1. The van der Waals surface area contributed by atoms with E-state index in [0.717, 1.165) is 31.6 Å². The second-order valence-electron chi connectivity index (χ2n) is 9.57. The number of fused-ring (bicyclic) bond motifs is 1. The summed E-state index contributed by atoms with van der Waals surface area (Å²) in [5, 5.41) is 21.6. The van der Waals surface area contributed by atoms with E-state index in [1.54, 1.807) is 23.1 Å². The van der Waals surface area contributed by atoms with Gasteiger partial charge in [-0.3, -0.25) is 9.78 Å². The molecule has 1 saturated heterocycles. The number of aromatic nitrogens is 4. The summed E-state index contributed by atoms with van der Waals surface area (Å²) in [7, 11) is 0. The lowest BCUT2D eigenvalue weighted by atomic mass is 10.0. The van der Waals surface area contributed by atoms with Gasteiger partial charge in [0.1, 0.15) is 10.7 Å². The van der Waals surface area contributed by atoms with E-state index in [2.05, 4.69) is 25.5 Å². The van der Waals surface area contributed by atoms with Crippen LogP contribution < -0.4 is 5.32 Å². The van der Waals surface area contributed by atoms with E-state index < -0.39 is 6.29 Å². The van der Waals surface area contributed by atoms with Crippen molar-refractivity contribution >= 4 is 45.7 Å². The van der Waals surface area contributed by atoms with Crippen LogP contribution in [0.3, 0.4) is 0 Å². The van der Waals surface area contributed by atoms with Gasteiger partial charge in [-0.15, -0.1) is 10.2 Å². The largest absolute Gasteiger partial charge is 0.392 e. The maximum atomic E-state index is 12.8. The quantitative estimate of drug-likeness (QED) is 0.215. The number of aliphatic hydroxyl groups is 1. The third kappa shape index (κ3) is 6.61. The van der Waals surface area contributed by atoms with Crippen LogP contribution in [0.1, 0.15) is 51.0 Å². The number of nitrogens with zero attached hydrogens (tertiary/aromatic N) is 4. The number of aliphatic hydroxyl groups excluding tert-OH is 1. The van der Waals surface area contributed by atoms with Gasteiger partial charge in [-0.25, -0.2) is 4.98 Å². The first kappa shape index (κ1) is 27.4. The van der Waals surface area contributed by atoms with E-state index in [0.29, 0.717) is 23.4 Å². The van der Waals surface area contributed by atoms with Crippen LogP contribution in [0.15, 0.2) is 83.3 Å². The minimum atomic E-state index is -0.593. The van der Waals surface area contributed by atoms with Crippen LogP contribution in [0.2, 0.25) is 0 Å². The van der Waals surface area contributed by atoms with E-state index in [-0.39, 0.29) is 30.4 Å². The van der Waals surface area contributed by atoms with Crippen molar-refractivity contribution in [1.82, 2.24) is 20.2 Å². The van der Waals surface area contributed by atoms with Crippen LogP contribution in [0, 0.1) is 6.92 Å². The van der Waals surface area contributed by atoms with Gasteiger partial charge < -0.3 is 19.9 Å². The van der Waals surface area contributed by atoms with Crippen molar-refractivity contribution in [2.45, 2.75) is 42.8 Å². The smallest absolute Gasteiger partial charge is 0.275 e. The molecule has 5 aromatic rings. The number of hydrogen-bond acceptors (Lipinski definition) is 10. The molecule has 1 aliphatic rings. The van der Waals surface area contributed by atoms with Crippen LogP contribution in [0.5, 0.6) is 0 Å². The first-order chi connectivity index (χ1) is 20.0. The molecule has 3 aromatic carbocycles. The number of ether oxygens (including phenoxy) is 2. The fourth-order valence-electron chi connectivity index (χ4n) is 4.51. The fourth-order valence-corrected chi connectivity index (χ4v) is 6.37. The molecule has 1 amide bonds. The summed E-state index contributed by atoms with van der Waals surface area (Å²) in [5.74, 6) is 0.372. The second-order valence-corrected chi connectivity index (χ2v) is 12.0. The van der Waals surface area contributed by atoms with Gasteiger partial charge in [0.2, 0.25) is 0 Å². The molecule has 0 aliphatic carbocycles. The Kier molecular flexibility index (Phi) is 8.31. The van der Waals surface area contributed by atoms with Crippen molar-refractivity contribution < 1.29 is 19.4 Å². The summed E-state index contributed by atoms with van der Waals surface area (Å²) in [5.41, 5.74) is 4.98. The highest BCUT2D eigenvalue weighted by Gasteiger charge is 2.32. The van der Waals surface area contributed by atoms with Crippen molar-refractivity contribution in [1.29, 1.82) is 0 Å². The number of carbonyl (C=O) groups is 1. The Morgan fingerprint density at radius 1 is 1.00 bits per heavy atom. The third-order valence-corrected chi connectivity index (χ3v) is 8.74. The molecular formula is C30H27N5O4S2.